The molecule has 0 amide bonds. The van der Waals surface area contributed by atoms with Crippen LogP contribution in [0, 0.1) is 5.82 Å². The molecule has 5 rings (SSSR count). The van der Waals surface area contributed by atoms with E-state index in [4.69, 9.17) is 0 Å². The second-order valence-electron chi connectivity index (χ2n) is 8.13. The fourth-order valence-electron chi connectivity index (χ4n) is 4.38. The van der Waals surface area contributed by atoms with Crippen molar-refractivity contribution in [2.24, 2.45) is 0 Å². The first kappa shape index (κ1) is 18.8. The van der Waals surface area contributed by atoms with Gasteiger partial charge >= 0.3 is 0 Å². The molecule has 0 atom stereocenters. The molecule has 30 heavy (non-hydrogen) atoms. The van der Waals surface area contributed by atoms with E-state index in [-0.39, 0.29) is 11.4 Å². The van der Waals surface area contributed by atoms with E-state index in [1.165, 1.54) is 10.7 Å². The maximum Gasteiger partial charge on any atom is 0.282 e. The van der Waals surface area contributed by atoms with Crippen molar-refractivity contribution in [3.63, 3.8) is 0 Å². The van der Waals surface area contributed by atoms with E-state index < -0.39 is 0 Å². The highest BCUT2D eigenvalue weighted by atomic mass is 19.1. The monoisotopic (exact) mass is 405 g/mol. The van der Waals surface area contributed by atoms with Crippen molar-refractivity contribution in [2.45, 2.75) is 18.9 Å². The highest BCUT2D eigenvalue weighted by Crippen LogP contribution is 2.32. The summed E-state index contributed by atoms with van der Waals surface area (Å²) in [5, 5.41) is 5.14. The third kappa shape index (κ3) is 3.06. The van der Waals surface area contributed by atoms with Gasteiger partial charge in [0.1, 0.15) is 11.5 Å². The first-order valence-corrected chi connectivity index (χ1v) is 10.2. The lowest BCUT2D eigenvalue weighted by molar-refractivity contribution is 0.249. The number of nitrogens with zero attached hydrogens (tertiary/aromatic N) is 4. The maximum atomic E-state index is 15.1. The first-order chi connectivity index (χ1) is 14.5. The normalized spacial score (nSPS) is 15.5. The number of fused-ring (bicyclic) bond motifs is 3. The summed E-state index contributed by atoms with van der Waals surface area (Å²) in [4.78, 5) is 20.4. The molecule has 3 aliphatic heterocycles. The number of nitrogens with one attached hydrogen (secondary N) is 1. The number of aromatic nitrogens is 3. The quantitative estimate of drug-likeness (QED) is 0.567. The average Bonchev–Trinajstić information content (AvgIpc) is 3.11. The highest BCUT2D eigenvalue weighted by Gasteiger charge is 2.25. The second kappa shape index (κ2) is 7.25. The Bertz CT molecular complexity index is 1220. The van der Waals surface area contributed by atoms with E-state index in [9.17, 15) is 4.79 Å². The molecule has 1 saturated heterocycles. The minimum atomic E-state index is -0.284. The van der Waals surface area contributed by atoms with Crippen LogP contribution in [-0.2, 0) is 0 Å². The van der Waals surface area contributed by atoms with E-state index in [2.05, 4.69) is 34.0 Å². The number of hydrogen-bond acceptors (Lipinski definition) is 4. The zero-order chi connectivity index (χ0) is 20.8. The van der Waals surface area contributed by atoms with Crippen molar-refractivity contribution in [1.29, 1.82) is 0 Å². The predicted octanol–water partition coefficient (Wildman–Crippen LogP) is 3.49. The van der Waals surface area contributed by atoms with E-state index in [1.54, 1.807) is 6.20 Å². The van der Waals surface area contributed by atoms with Gasteiger partial charge < -0.3 is 14.8 Å². The Morgan fingerprint density at radius 3 is 2.57 bits per heavy atom. The Hall–Kier alpha value is -3.19. The minimum absolute atomic E-state index is 0.218. The number of pyridine rings is 1. The number of H-pyrrole nitrogens is 1. The maximum absolute atomic E-state index is 15.1. The molecule has 0 spiro atoms. The van der Waals surface area contributed by atoms with E-state index >= 15 is 4.39 Å². The van der Waals surface area contributed by atoms with Gasteiger partial charge in [0.25, 0.3) is 5.56 Å². The lowest BCUT2D eigenvalue weighted by atomic mass is 10.0. The van der Waals surface area contributed by atoms with Gasteiger partial charge in [-0.1, -0.05) is 18.2 Å². The molecule has 0 aromatic heterocycles. The smallest absolute Gasteiger partial charge is 0.282 e. The van der Waals surface area contributed by atoms with Crippen molar-refractivity contribution >= 4 is 16.6 Å². The summed E-state index contributed by atoms with van der Waals surface area (Å²) in [6.07, 6.45) is 3.69. The number of piperidine rings is 1. The summed E-state index contributed by atoms with van der Waals surface area (Å²) in [6, 6.07) is 13.1. The van der Waals surface area contributed by atoms with Crippen LogP contribution in [0.4, 0.5) is 10.1 Å². The molecule has 0 saturated carbocycles. The summed E-state index contributed by atoms with van der Waals surface area (Å²) in [6.45, 7) is 1.64. The predicted molar refractivity (Wildman–Crippen MR) is 117 cm³/mol. The SMILES string of the molecule is CN(C)C1CCN(c2cc3[nH]cc4c(=O)n(-c5ccccc5)nc-4c3cc2F)CC1. The number of anilines is 1. The van der Waals surface area contributed by atoms with Crippen LogP contribution in [0.15, 0.2) is 53.5 Å². The van der Waals surface area contributed by atoms with E-state index in [0.29, 0.717) is 34.1 Å². The molecule has 7 heteroatoms. The summed E-state index contributed by atoms with van der Waals surface area (Å²) in [5.74, 6) is -0.284. The summed E-state index contributed by atoms with van der Waals surface area (Å²) in [7, 11) is 4.19. The number of benzene rings is 2. The van der Waals surface area contributed by atoms with Gasteiger partial charge in [-0.3, -0.25) is 4.79 Å². The zero-order valence-corrected chi connectivity index (χ0v) is 17.1. The molecule has 0 bridgehead atoms. The molecule has 2 aromatic carbocycles. The van der Waals surface area contributed by atoms with Gasteiger partial charge in [-0.25, -0.2) is 4.39 Å². The van der Waals surface area contributed by atoms with Crippen molar-refractivity contribution in [2.75, 3.05) is 32.1 Å². The lowest BCUT2D eigenvalue weighted by Crippen LogP contribution is -2.42. The Morgan fingerprint density at radius 2 is 1.87 bits per heavy atom. The first-order valence-electron chi connectivity index (χ1n) is 10.2. The topological polar surface area (TPSA) is 57.2 Å². The fraction of sp³-hybridized carbons (Fsp3) is 0.304. The number of rotatable bonds is 3. The molecular formula is C23H24FN5O. The Balaban J connectivity index is 1.57. The van der Waals surface area contributed by atoms with Gasteiger partial charge in [0.2, 0.25) is 0 Å². The van der Waals surface area contributed by atoms with Crippen LogP contribution in [0.3, 0.4) is 0 Å². The largest absolute Gasteiger partial charge is 0.369 e. The Kier molecular flexibility index (Phi) is 4.55. The molecule has 2 aromatic rings. The van der Waals surface area contributed by atoms with Gasteiger partial charge in [-0.15, -0.1) is 0 Å². The fourth-order valence-corrected chi connectivity index (χ4v) is 4.38. The van der Waals surface area contributed by atoms with Crippen LogP contribution in [-0.4, -0.2) is 52.9 Å². The molecule has 1 fully saturated rings. The highest BCUT2D eigenvalue weighted by molar-refractivity contribution is 5.95. The van der Waals surface area contributed by atoms with Crippen molar-refractivity contribution in [1.82, 2.24) is 19.7 Å². The molecular weight excluding hydrogens is 381 g/mol. The summed E-state index contributed by atoms with van der Waals surface area (Å²) >= 11 is 0. The van der Waals surface area contributed by atoms with Gasteiger partial charge in [0.05, 0.1) is 16.9 Å². The lowest BCUT2D eigenvalue weighted by Gasteiger charge is -2.36. The molecule has 6 nitrogen and oxygen atoms in total. The number of para-hydroxylation sites is 1. The van der Waals surface area contributed by atoms with Crippen LogP contribution in [0.1, 0.15) is 12.8 Å². The van der Waals surface area contributed by atoms with Crippen molar-refractivity contribution in [3.8, 4) is 16.9 Å². The van der Waals surface area contributed by atoms with Crippen LogP contribution in [0.2, 0.25) is 0 Å². The van der Waals surface area contributed by atoms with Crippen LogP contribution in [0.25, 0.3) is 27.8 Å². The third-order valence-electron chi connectivity index (χ3n) is 6.13. The average molecular weight is 405 g/mol. The summed E-state index contributed by atoms with van der Waals surface area (Å²) in [5.41, 5.74) is 2.79. The minimum Gasteiger partial charge on any atom is -0.369 e. The molecule has 0 unspecified atom stereocenters. The standard InChI is InChI=1S/C23H24FN5O/c1-27(2)15-8-10-28(11-9-15)21-13-20-17(12-19(21)24)22-18(14-25-20)23(30)29(26-22)16-6-4-3-5-7-16/h3-7,12-15,25H,8-11H2,1-2H3. The Morgan fingerprint density at radius 1 is 1.13 bits per heavy atom. The van der Waals surface area contributed by atoms with Gasteiger partial charge in [-0.2, -0.15) is 9.78 Å². The van der Waals surface area contributed by atoms with Gasteiger partial charge in [-0.05, 0) is 51.2 Å². The third-order valence-corrected chi connectivity index (χ3v) is 6.13. The van der Waals surface area contributed by atoms with Crippen LogP contribution in [0.5, 0.6) is 0 Å². The van der Waals surface area contributed by atoms with E-state index in [0.717, 1.165) is 31.4 Å². The van der Waals surface area contributed by atoms with Crippen molar-refractivity contribution < 1.29 is 4.39 Å². The zero-order valence-electron chi connectivity index (χ0n) is 17.1. The van der Waals surface area contributed by atoms with Gasteiger partial charge in [0, 0.05) is 36.2 Å². The van der Waals surface area contributed by atoms with E-state index in [1.807, 2.05) is 36.4 Å². The molecule has 0 radical (unpaired) electrons. The van der Waals surface area contributed by atoms with Crippen molar-refractivity contribution in [3.05, 3.63) is 64.8 Å². The molecule has 3 aliphatic rings. The Labute approximate surface area is 173 Å². The van der Waals surface area contributed by atoms with Crippen LogP contribution < -0.4 is 10.5 Å². The van der Waals surface area contributed by atoms with Gasteiger partial charge in [0.15, 0.2) is 0 Å². The molecule has 1 N–H and O–H groups in total. The molecule has 0 aliphatic carbocycles. The number of aromatic amines is 1. The number of hydrogen-bond donors (Lipinski definition) is 1. The summed E-state index contributed by atoms with van der Waals surface area (Å²) < 4.78 is 16.5. The molecule has 154 valence electrons. The number of halogens is 1. The van der Waals surface area contributed by atoms with Crippen LogP contribution >= 0.6 is 0 Å². The molecule has 3 heterocycles. The second-order valence-corrected chi connectivity index (χ2v) is 8.13.